The Morgan fingerprint density at radius 3 is 2.66 bits per heavy atom. The second-order valence-corrected chi connectivity index (χ2v) is 6.77. The molecule has 0 saturated carbocycles. The Morgan fingerprint density at radius 2 is 1.86 bits per heavy atom. The van der Waals surface area contributed by atoms with Gasteiger partial charge >= 0.3 is 17.4 Å². The van der Waals surface area contributed by atoms with Crippen LogP contribution in [0.1, 0.15) is 24.5 Å². The van der Waals surface area contributed by atoms with Crippen LogP contribution in [0.25, 0.3) is 22.1 Å². The number of oxazole rings is 1. The SMILES string of the molecule is CCc1cc2c(C)cc(=O)oc2cc1OC(=O)CCn1c(=O)oc2ccccc21. The fourth-order valence-electron chi connectivity index (χ4n) is 3.36. The number of hydrogen-bond acceptors (Lipinski definition) is 6. The van der Waals surface area contributed by atoms with Gasteiger partial charge < -0.3 is 13.6 Å². The van der Waals surface area contributed by atoms with Gasteiger partial charge in [-0.15, -0.1) is 0 Å². The van der Waals surface area contributed by atoms with Crippen LogP contribution >= 0.6 is 0 Å². The number of carbonyl (C=O) groups is 1. The van der Waals surface area contributed by atoms with Crippen molar-refractivity contribution in [3.05, 3.63) is 74.6 Å². The lowest BCUT2D eigenvalue weighted by molar-refractivity contribution is -0.134. The molecule has 0 bridgehead atoms. The highest BCUT2D eigenvalue weighted by atomic mass is 16.5. The smallest absolute Gasteiger partial charge is 0.419 e. The Labute approximate surface area is 165 Å². The van der Waals surface area contributed by atoms with Crippen LogP contribution in [0.3, 0.4) is 0 Å². The number of carbonyl (C=O) groups excluding carboxylic acids is 1. The maximum absolute atomic E-state index is 12.4. The fourth-order valence-corrected chi connectivity index (χ4v) is 3.36. The average Bonchev–Trinajstić information content (AvgIpc) is 3.00. The van der Waals surface area contributed by atoms with Crippen LogP contribution in [0.5, 0.6) is 5.75 Å². The summed E-state index contributed by atoms with van der Waals surface area (Å²) in [6, 6.07) is 11.9. The standard InChI is InChI=1S/C22H19NO6/c1-3-14-11-15-13(2)10-21(25)28-19(15)12-18(14)27-20(24)8-9-23-16-6-4-5-7-17(16)29-22(23)26/h4-7,10-12H,3,8-9H2,1-2H3. The van der Waals surface area contributed by atoms with E-state index in [1.807, 2.05) is 19.9 Å². The van der Waals surface area contributed by atoms with Crippen molar-refractivity contribution in [3.63, 3.8) is 0 Å². The number of fused-ring (bicyclic) bond motifs is 2. The number of benzene rings is 2. The number of ether oxygens (including phenoxy) is 1. The van der Waals surface area contributed by atoms with Crippen molar-refractivity contribution in [2.75, 3.05) is 0 Å². The number of nitrogens with zero attached hydrogens (tertiary/aromatic N) is 1. The summed E-state index contributed by atoms with van der Waals surface area (Å²) in [5, 5.41) is 0.803. The second kappa shape index (κ2) is 7.43. The van der Waals surface area contributed by atoms with E-state index >= 15 is 0 Å². The first-order chi connectivity index (χ1) is 14.0. The number of para-hydroxylation sites is 2. The third kappa shape index (κ3) is 3.59. The van der Waals surface area contributed by atoms with Gasteiger partial charge in [0, 0.05) is 24.1 Å². The summed E-state index contributed by atoms with van der Waals surface area (Å²) in [5.41, 5.74) is 2.64. The first-order valence-corrected chi connectivity index (χ1v) is 9.32. The van der Waals surface area contributed by atoms with E-state index in [0.29, 0.717) is 28.9 Å². The maximum Gasteiger partial charge on any atom is 0.419 e. The van der Waals surface area contributed by atoms with E-state index in [1.165, 1.54) is 10.6 Å². The zero-order chi connectivity index (χ0) is 20.5. The Morgan fingerprint density at radius 1 is 1.07 bits per heavy atom. The van der Waals surface area contributed by atoms with Crippen molar-refractivity contribution in [2.24, 2.45) is 0 Å². The molecule has 0 saturated heterocycles. The summed E-state index contributed by atoms with van der Waals surface area (Å²) in [6.07, 6.45) is 0.630. The predicted molar refractivity (Wildman–Crippen MR) is 107 cm³/mol. The molecule has 0 spiro atoms. The molecule has 4 aromatic rings. The molecule has 0 fully saturated rings. The Bertz CT molecular complexity index is 1340. The Balaban J connectivity index is 1.58. The van der Waals surface area contributed by atoms with Crippen LogP contribution in [-0.2, 0) is 17.8 Å². The zero-order valence-electron chi connectivity index (χ0n) is 16.1. The highest BCUT2D eigenvalue weighted by Gasteiger charge is 2.15. The summed E-state index contributed by atoms with van der Waals surface area (Å²) >= 11 is 0. The van der Waals surface area contributed by atoms with Crippen molar-refractivity contribution in [2.45, 2.75) is 33.2 Å². The van der Waals surface area contributed by atoms with Gasteiger partial charge in [-0.2, -0.15) is 0 Å². The first-order valence-electron chi connectivity index (χ1n) is 9.32. The van der Waals surface area contributed by atoms with E-state index in [9.17, 15) is 14.4 Å². The van der Waals surface area contributed by atoms with Crippen LogP contribution in [0.4, 0.5) is 0 Å². The predicted octanol–water partition coefficient (Wildman–Crippen LogP) is 3.57. The molecule has 2 heterocycles. The summed E-state index contributed by atoms with van der Waals surface area (Å²) in [6.45, 7) is 3.92. The van der Waals surface area contributed by atoms with E-state index < -0.39 is 17.4 Å². The van der Waals surface area contributed by atoms with Gasteiger partial charge in [0.25, 0.3) is 0 Å². The molecule has 7 heteroatoms. The molecule has 148 valence electrons. The van der Waals surface area contributed by atoms with Gasteiger partial charge in [0.05, 0.1) is 11.9 Å². The first kappa shape index (κ1) is 18.7. The topological polar surface area (TPSA) is 91.6 Å². The molecule has 0 unspecified atom stereocenters. The zero-order valence-corrected chi connectivity index (χ0v) is 16.1. The van der Waals surface area contributed by atoms with E-state index in [-0.39, 0.29) is 13.0 Å². The quantitative estimate of drug-likeness (QED) is 0.292. The van der Waals surface area contributed by atoms with Crippen LogP contribution in [0, 0.1) is 6.92 Å². The molecule has 2 aromatic heterocycles. The molecule has 0 atom stereocenters. The van der Waals surface area contributed by atoms with Gasteiger partial charge in [0.2, 0.25) is 0 Å². The molecule has 0 amide bonds. The summed E-state index contributed by atoms with van der Waals surface area (Å²) in [5.74, 6) is -0.661. The largest absolute Gasteiger partial charge is 0.426 e. The molecular weight excluding hydrogens is 374 g/mol. The van der Waals surface area contributed by atoms with E-state index in [2.05, 4.69) is 0 Å². The lowest BCUT2D eigenvalue weighted by Crippen LogP contribution is -2.19. The molecule has 7 nitrogen and oxygen atoms in total. The minimum Gasteiger partial charge on any atom is -0.426 e. The van der Waals surface area contributed by atoms with Crippen molar-refractivity contribution in [1.29, 1.82) is 0 Å². The molecule has 0 aliphatic rings. The minimum absolute atomic E-state index is 0.0115. The van der Waals surface area contributed by atoms with E-state index in [4.69, 9.17) is 13.6 Å². The molecule has 29 heavy (non-hydrogen) atoms. The molecule has 0 aliphatic heterocycles. The number of rotatable bonds is 5. The number of aryl methyl sites for hydroxylation is 3. The van der Waals surface area contributed by atoms with Gasteiger partial charge in [0.15, 0.2) is 5.58 Å². The molecule has 0 radical (unpaired) electrons. The fraction of sp³-hybridized carbons (Fsp3) is 0.227. The van der Waals surface area contributed by atoms with Gasteiger partial charge in [-0.05, 0) is 42.7 Å². The molecule has 2 aromatic carbocycles. The number of esters is 1. The van der Waals surface area contributed by atoms with E-state index in [1.54, 1.807) is 30.3 Å². The van der Waals surface area contributed by atoms with Crippen LogP contribution in [0.15, 0.2) is 60.9 Å². The third-order valence-corrected chi connectivity index (χ3v) is 4.85. The van der Waals surface area contributed by atoms with Crippen molar-refractivity contribution in [3.8, 4) is 5.75 Å². The van der Waals surface area contributed by atoms with Crippen molar-refractivity contribution in [1.82, 2.24) is 4.57 Å². The lowest BCUT2D eigenvalue weighted by atomic mass is 10.1. The molecule has 0 N–H and O–H groups in total. The second-order valence-electron chi connectivity index (χ2n) is 6.77. The molecular formula is C22H19NO6. The Kier molecular flexibility index (Phi) is 4.80. The minimum atomic E-state index is -0.517. The highest BCUT2D eigenvalue weighted by molar-refractivity contribution is 5.84. The van der Waals surface area contributed by atoms with Crippen molar-refractivity contribution < 1.29 is 18.4 Å². The monoisotopic (exact) mass is 393 g/mol. The summed E-state index contributed by atoms with van der Waals surface area (Å²) in [4.78, 5) is 36.1. The average molecular weight is 393 g/mol. The normalized spacial score (nSPS) is 11.2. The van der Waals surface area contributed by atoms with Crippen LogP contribution in [0.2, 0.25) is 0 Å². The highest BCUT2D eigenvalue weighted by Crippen LogP contribution is 2.28. The van der Waals surface area contributed by atoms with Gasteiger partial charge in [-0.3, -0.25) is 9.36 Å². The van der Waals surface area contributed by atoms with Gasteiger partial charge in [0.1, 0.15) is 11.3 Å². The maximum atomic E-state index is 12.4. The summed E-state index contributed by atoms with van der Waals surface area (Å²) < 4.78 is 17.3. The van der Waals surface area contributed by atoms with Crippen LogP contribution in [-0.4, -0.2) is 10.5 Å². The lowest BCUT2D eigenvalue weighted by Gasteiger charge is -2.11. The molecule has 4 rings (SSSR count). The van der Waals surface area contributed by atoms with Gasteiger partial charge in [-0.1, -0.05) is 19.1 Å². The Hall–Kier alpha value is -3.61. The van der Waals surface area contributed by atoms with Crippen LogP contribution < -0.4 is 16.1 Å². The number of aromatic nitrogens is 1. The van der Waals surface area contributed by atoms with E-state index in [0.717, 1.165) is 16.5 Å². The van der Waals surface area contributed by atoms with Crippen molar-refractivity contribution >= 4 is 28.0 Å². The molecule has 0 aliphatic carbocycles. The van der Waals surface area contributed by atoms with Gasteiger partial charge in [-0.25, -0.2) is 9.59 Å². The third-order valence-electron chi connectivity index (χ3n) is 4.85. The summed E-state index contributed by atoms with van der Waals surface area (Å²) in [7, 11) is 0. The number of hydrogen-bond donors (Lipinski definition) is 0.